The number of fused-ring (bicyclic) bond motifs is 1. The molecular weight excluding hydrogens is 266 g/mol. The summed E-state index contributed by atoms with van der Waals surface area (Å²) in [4.78, 5) is 11.9. The number of nitrogens with two attached hydrogens (primary N) is 1. The number of benzene rings is 2. The smallest absolute Gasteiger partial charge is 0.340 e. The van der Waals surface area contributed by atoms with Gasteiger partial charge in [0.15, 0.2) is 0 Å². The Morgan fingerprint density at radius 3 is 2.90 bits per heavy atom. The number of nitrogen functional groups attached to an aromatic ring is 1. The van der Waals surface area contributed by atoms with E-state index in [2.05, 4.69) is 5.10 Å². The summed E-state index contributed by atoms with van der Waals surface area (Å²) in [5.74, 6) is -0.423. The van der Waals surface area contributed by atoms with Gasteiger partial charge < -0.3 is 10.5 Å². The molecule has 5 heteroatoms. The first-order chi connectivity index (χ1) is 10.2. The lowest BCUT2D eigenvalue weighted by Crippen LogP contribution is -2.09. The highest BCUT2D eigenvalue weighted by atomic mass is 16.5. The fraction of sp³-hybridized carbons (Fsp3) is 0.125. The monoisotopic (exact) mass is 281 g/mol. The molecule has 0 aliphatic heterocycles. The zero-order valence-corrected chi connectivity index (χ0v) is 11.6. The van der Waals surface area contributed by atoms with E-state index in [1.165, 1.54) is 0 Å². The Balaban J connectivity index is 2.11. The molecule has 0 bridgehead atoms. The zero-order valence-electron chi connectivity index (χ0n) is 11.6. The third-order valence-corrected chi connectivity index (χ3v) is 3.25. The number of rotatable bonds is 3. The standard InChI is InChI=1S/C16H15N3O2/c1-2-21-16(20)13-9-12(7-8-14(13)17)19-15-6-4-3-5-11(15)10-18-19/h3-10H,2,17H2,1H3. The van der Waals surface area contributed by atoms with Crippen LogP contribution in [-0.4, -0.2) is 22.4 Å². The SMILES string of the molecule is CCOC(=O)c1cc(-n2ncc3ccccc32)ccc1N. The number of carbonyl (C=O) groups excluding carboxylic acids is 1. The Morgan fingerprint density at radius 2 is 2.10 bits per heavy atom. The normalized spacial score (nSPS) is 10.7. The lowest BCUT2D eigenvalue weighted by Gasteiger charge is -2.09. The van der Waals surface area contributed by atoms with Crippen LogP contribution in [0.25, 0.3) is 16.6 Å². The molecule has 0 saturated carbocycles. The zero-order chi connectivity index (χ0) is 14.8. The first-order valence-corrected chi connectivity index (χ1v) is 6.70. The minimum Gasteiger partial charge on any atom is -0.462 e. The summed E-state index contributed by atoms with van der Waals surface area (Å²) in [6.45, 7) is 2.08. The topological polar surface area (TPSA) is 70.1 Å². The Labute approximate surface area is 121 Å². The Kier molecular flexibility index (Phi) is 3.31. The molecule has 3 rings (SSSR count). The van der Waals surface area contributed by atoms with Crippen molar-refractivity contribution in [2.24, 2.45) is 0 Å². The van der Waals surface area contributed by atoms with Gasteiger partial charge in [0.05, 0.1) is 29.6 Å². The van der Waals surface area contributed by atoms with Crippen LogP contribution in [0, 0.1) is 0 Å². The highest BCUT2D eigenvalue weighted by Crippen LogP contribution is 2.22. The minimum absolute atomic E-state index is 0.313. The molecule has 21 heavy (non-hydrogen) atoms. The van der Waals surface area contributed by atoms with Crippen LogP contribution >= 0.6 is 0 Å². The number of carbonyl (C=O) groups is 1. The van der Waals surface area contributed by atoms with Gasteiger partial charge in [-0.05, 0) is 31.2 Å². The molecule has 5 nitrogen and oxygen atoms in total. The van der Waals surface area contributed by atoms with Crippen LogP contribution in [0.5, 0.6) is 0 Å². The van der Waals surface area contributed by atoms with Gasteiger partial charge in [-0.25, -0.2) is 9.48 Å². The second kappa shape index (κ2) is 5.28. The molecule has 0 aliphatic carbocycles. The Hall–Kier alpha value is -2.82. The molecule has 2 N–H and O–H groups in total. The largest absolute Gasteiger partial charge is 0.462 e. The summed E-state index contributed by atoms with van der Waals surface area (Å²) in [5.41, 5.74) is 8.35. The van der Waals surface area contributed by atoms with E-state index in [4.69, 9.17) is 10.5 Å². The van der Waals surface area contributed by atoms with Crippen LogP contribution in [0.4, 0.5) is 5.69 Å². The fourth-order valence-electron chi connectivity index (χ4n) is 2.24. The molecule has 0 fully saturated rings. The summed E-state index contributed by atoms with van der Waals surface area (Å²) < 4.78 is 6.80. The predicted molar refractivity (Wildman–Crippen MR) is 81.4 cm³/mol. The van der Waals surface area contributed by atoms with Gasteiger partial charge >= 0.3 is 5.97 Å². The van der Waals surface area contributed by atoms with Crippen molar-refractivity contribution >= 4 is 22.6 Å². The van der Waals surface area contributed by atoms with Gasteiger partial charge in [0.25, 0.3) is 0 Å². The second-order valence-electron chi connectivity index (χ2n) is 4.61. The fourth-order valence-corrected chi connectivity index (χ4v) is 2.24. The van der Waals surface area contributed by atoms with E-state index in [-0.39, 0.29) is 0 Å². The number of hydrogen-bond donors (Lipinski definition) is 1. The molecule has 2 aromatic carbocycles. The number of aromatic nitrogens is 2. The maximum atomic E-state index is 11.9. The number of ether oxygens (including phenoxy) is 1. The third kappa shape index (κ3) is 2.33. The van der Waals surface area contributed by atoms with Gasteiger partial charge in [0.1, 0.15) is 0 Å². The van der Waals surface area contributed by atoms with E-state index in [0.717, 1.165) is 16.6 Å². The molecule has 0 atom stereocenters. The highest BCUT2D eigenvalue weighted by molar-refractivity contribution is 5.96. The number of para-hydroxylation sites is 1. The number of esters is 1. The van der Waals surface area contributed by atoms with Crippen molar-refractivity contribution in [1.29, 1.82) is 0 Å². The van der Waals surface area contributed by atoms with Crippen molar-refractivity contribution in [3.8, 4) is 5.69 Å². The van der Waals surface area contributed by atoms with Gasteiger partial charge in [-0.2, -0.15) is 5.10 Å². The van der Waals surface area contributed by atoms with Crippen LogP contribution in [-0.2, 0) is 4.74 Å². The van der Waals surface area contributed by atoms with Gasteiger partial charge in [0, 0.05) is 11.1 Å². The Morgan fingerprint density at radius 1 is 1.29 bits per heavy atom. The van der Waals surface area contributed by atoms with Crippen molar-refractivity contribution in [1.82, 2.24) is 9.78 Å². The van der Waals surface area contributed by atoms with Gasteiger partial charge in [0.2, 0.25) is 0 Å². The van der Waals surface area contributed by atoms with Crippen LogP contribution in [0.1, 0.15) is 17.3 Å². The summed E-state index contributed by atoms with van der Waals surface area (Å²) in [5, 5.41) is 5.40. The van der Waals surface area contributed by atoms with Crippen LogP contribution in [0.2, 0.25) is 0 Å². The number of anilines is 1. The molecule has 0 unspecified atom stereocenters. The van der Waals surface area contributed by atoms with Crippen molar-refractivity contribution in [3.63, 3.8) is 0 Å². The third-order valence-electron chi connectivity index (χ3n) is 3.25. The van der Waals surface area contributed by atoms with E-state index in [0.29, 0.717) is 17.9 Å². The minimum atomic E-state index is -0.423. The average Bonchev–Trinajstić information content (AvgIpc) is 2.92. The molecule has 1 heterocycles. The molecule has 3 aromatic rings. The quantitative estimate of drug-likeness (QED) is 0.592. The molecule has 106 valence electrons. The lowest BCUT2D eigenvalue weighted by molar-refractivity contribution is 0.0527. The highest BCUT2D eigenvalue weighted by Gasteiger charge is 2.13. The molecule has 1 aromatic heterocycles. The van der Waals surface area contributed by atoms with Crippen molar-refractivity contribution < 1.29 is 9.53 Å². The molecule has 0 spiro atoms. The average molecular weight is 281 g/mol. The summed E-state index contributed by atoms with van der Waals surface area (Å²) >= 11 is 0. The molecule has 0 radical (unpaired) electrons. The maximum Gasteiger partial charge on any atom is 0.340 e. The van der Waals surface area contributed by atoms with Gasteiger partial charge in [-0.1, -0.05) is 18.2 Å². The summed E-state index contributed by atoms with van der Waals surface area (Å²) in [6, 6.07) is 13.1. The van der Waals surface area contributed by atoms with Crippen LogP contribution in [0.3, 0.4) is 0 Å². The summed E-state index contributed by atoms with van der Waals surface area (Å²) in [7, 11) is 0. The Bertz CT molecular complexity index is 808. The molecule has 0 amide bonds. The predicted octanol–water partition coefficient (Wildman–Crippen LogP) is 2.78. The first kappa shape index (κ1) is 13.2. The van der Waals surface area contributed by atoms with Crippen molar-refractivity contribution in [2.45, 2.75) is 6.92 Å². The van der Waals surface area contributed by atoms with E-state index in [1.807, 2.05) is 30.3 Å². The molecule has 0 saturated heterocycles. The summed E-state index contributed by atoms with van der Waals surface area (Å²) in [6.07, 6.45) is 1.79. The van der Waals surface area contributed by atoms with E-state index < -0.39 is 5.97 Å². The van der Waals surface area contributed by atoms with E-state index in [1.54, 1.807) is 29.9 Å². The maximum absolute atomic E-state index is 11.9. The van der Waals surface area contributed by atoms with Crippen LogP contribution in [0.15, 0.2) is 48.7 Å². The van der Waals surface area contributed by atoms with Crippen molar-refractivity contribution in [3.05, 3.63) is 54.2 Å². The van der Waals surface area contributed by atoms with Gasteiger partial charge in [-0.3, -0.25) is 0 Å². The molecular formula is C16H15N3O2. The van der Waals surface area contributed by atoms with Gasteiger partial charge in [-0.15, -0.1) is 0 Å². The molecule has 0 aliphatic rings. The first-order valence-electron chi connectivity index (χ1n) is 6.70. The number of hydrogen-bond acceptors (Lipinski definition) is 4. The number of nitrogens with zero attached hydrogens (tertiary/aromatic N) is 2. The van der Waals surface area contributed by atoms with E-state index >= 15 is 0 Å². The van der Waals surface area contributed by atoms with Crippen molar-refractivity contribution in [2.75, 3.05) is 12.3 Å². The van der Waals surface area contributed by atoms with Crippen LogP contribution < -0.4 is 5.73 Å². The lowest BCUT2D eigenvalue weighted by atomic mass is 10.1. The van der Waals surface area contributed by atoms with E-state index in [9.17, 15) is 4.79 Å². The second-order valence-corrected chi connectivity index (χ2v) is 4.61.